The smallest absolute Gasteiger partial charge is 0.267 e. The van der Waals surface area contributed by atoms with E-state index in [4.69, 9.17) is 14.5 Å². The summed E-state index contributed by atoms with van der Waals surface area (Å²) in [5.74, 6) is 0. The molecular formula is C5H13N2O3P. The van der Waals surface area contributed by atoms with Gasteiger partial charge in [0.1, 0.15) is 0 Å². The number of morpholine rings is 1. The molecule has 1 saturated heterocycles. The Morgan fingerprint density at radius 3 is 2.36 bits per heavy atom. The van der Waals surface area contributed by atoms with Crippen molar-refractivity contribution in [1.82, 2.24) is 9.79 Å². The van der Waals surface area contributed by atoms with E-state index in [9.17, 15) is 0 Å². The van der Waals surface area contributed by atoms with Gasteiger partial charge in [0.2, 0.25) is 0 Å². The monoisotopic (exact) mass is 180 g/mol. The third kappa shape index (κ3) is 2.63. The maximum atomic E-state index is 8.84. The van der Waals surface area contributed by atoms with E-state index in [-0.39, 0.29) is 0 Å². The Morgan fingerprint density at radius 1 is 1.36 bits per heavy atom. The van der Waals surface area contributed by atoms with Crippen LogP contribution < -0.4 is 0 Å². The van der Waals surface area contributed by atoms with Crippen molar-refractivity contribution in [3.8, 4) is 0 Å². The predicted molar refractivity (Wildman–Crippen MR) is 41.5 cm³/mol. The molecule has 1 rings (SSSR count). The summed E-state index contributed by atoms with van der Waals surface area (Å²) in [7, 11) is -0.317. The first-order valence-electron chi connectivity index (χ1n) is 3.46. The van der Waals surface area contributed by atoms with Crippen LogP contribution in [0.4, 0.5) is 0 Å². The Balaban J connectivity index is 2.32. The summed E-state index contributed by atoms with van der Waals surface area (Å²) in [5, 5.41) is 1.87. The Hall–Kier alpha value is 0.230. The van der Waals surface area contributed by atoms with Crippen LogP contribution in [0.25, 0.3) is 0 Å². The molecule has 6 heteroatoms. The van der Waals surface area contributed by atoms with Gasteiger partial charge in [-0.1, -0.05) is 0 Å². The molecule has 0 aromatic carbocycles. The molecule has 0 amide bonds. The summed E-state index contributed by atoms with van der Waals surface area (Å²) in [6.45, 7) is 2.79. The molecule has 0 bridgehead atoms. The van der Waals surface area contributed by atoms with E-state index in [2.05, 4.69) is 0 Å². The molecule has 0 aliphatic carbocycles. The molecule has 1 aliphatic rings. The lowest BCUT2D eigenvalue weighted by Crippen LogP contribution is -2.44. The number of rotatable bonds is 2. The molecule has 1 aliphatic heterocycles. The second-order valence-corrected chi connectivity index (χ2v) is 3.44. The van der Waals surface area contributed by atoms with Crippen LogP contribution in [0.2, 0.25) is 0 Å². The Kier molecular flexibility index (Phi) is 3.65. The number of hydrogen-bond donors (Lipinski definition) is 2. The molecule has 5 nitrogen and oxygen atoms in total. The highest BCUT2D eigenvalue weighted by atomic mass is 31.2. The lowest BCUT2D eigenvalue weighted by Gasteiger charge is -2.34. The largest absolute Gasteiger partial charge is 0.379 e. The first-order valence-corrected chi connectivity index (χ1v) is 4.66. The lowest BCUT2D eigenvalue weighted by atomic mass is 10.5. The van der Waals surface area contributed by atoms with Gasteiger partial charge in [-0.2, -0.15) is 4.78 Å². The average Bonchev–Trinajstić information content (AvgIpc) is 2.05. The molecule has 2 N–H and O–H groups in total. The second kappa shape index (κ2) is 4.30. The topological polar surface area (TPSA) is 56.2 Å². The average molecular weight is 180 g/mol. The fourth-order valence-electron chi connectivity index (χ4n) is 0.956. The predicted octanol–water partition coefficient (Wildman–Crippen LogP) is -0.623. The minimum atomic E-state index is -1.98. The van der Waals surface area contributed by atoms with E-state index in [0.29, 0.717) is 13.2 Å². The van der Waals surface area contributed by atoms with Crippen LogP contribution >= 0.6 is 8.53 Å². The summed E-state index contributed by atoms with van der Waals surface area (Å²) in [6, 6.07) is 0. The molecule has 0 atom stereocenters. The standard InChI is InChI=1S/C5H13N2O3P/c1-6(11(8)9)7-2-4-10-5-3-7/h8-9H,2-5H2,1H3. The van der Waals surface area contributed by atoms with Gasteiger partial charge in [0.15, 0.2) is 0 Å². The first-order chi connectivity index (χ1) is 5.22. The molecule has 0 saturated carbocycles. The lowest BCUT2D eigenvalue weighted by molar-refractivity contribution is -0.0371. The molecule has 0 aromatic rings. The second-order valence-electron chi connectivity index (χ2n) is 2.32. The van der Waals surface area contributed by atoms with Crippen LogP contribution in [0.5, 0.6) is 0 Å². The van der Waals surface area contributed by atoms with Gasteiger partial charge in [0.25, 0.3) is 8.53 Å². The highest BCUT2D eigenvalue weighted by molar-refractivity contribution is 7.42. The summed E-state index contributed by atoms with van der Waals surface area (Å²) < 4.78 is 6.56. The molecule has 1 heterocycles. The van der Waals surface area contributed by atoms with Crippen molar-refractivity contribution in [2.24, 2.45) is 0 Å². The first kappa shape index (κ1) is 9.32. The third-order valence-corrected chi connectivity index (χ3v) is 2.43. The Morgan fingerprint density at radius 2 is 1.91 bits per heavy atom. The zero-order chi connectivity index (χ0) is 8.27. The minimum Gasteiger partial charge on any atom is -0.379 e. The maximum Gasteiger partial charge on any atom is 0.267 e. The van der Waals surface area contributed by atoms with E-state index >= 15 is 0 Å². The molecule has 0 radical (unpaired) electrons. The van der Waals surface area contributed by atoms with Crippen molar-refractivity contribution in [2.75, 3.05) is 33.4 Å². The number of hydrazine groups is 1. The van der Waals surface area contributed by atoms with Crippen molar-refractivity contribution in [1.29, 1.82) is 0 Å². The van der Waals surface area contributed by atoms with Gasteiger partial charge in [-0.15, -0.1) is 0 Å². The molecule has 0 unspecified atom stereocenters. The van der Waals surface area contributed by atoms with E-state index in [1.54, 1.807) is 7.05 Å². The molecule has 11 heavy (non-hydrogen) atoms. The summed E-state index contributed by atoms with van der Waals surface area (Å²) in [6.07, 6.45) is 0. The van der Waals surface area contributed by atoms with E-state index in [1.807, 2.05) is 5.01 Å². The van der Waals surface area contributed by atoms with Crippen molar-refractivity contribution < 1.29 is 14.5 Å². The van der Waals surface area contributed by atoms with Crippen LogP contribution in [0, 0.1) is 0 Å². The maximum absolute atomic E-state index is 8.84. The van der Waals surface area contributed by atoms with E-state index in [1.165, 1.54) is 4.78 Å². The van der Waals surface area contributed by atoms with E-state index in [0.717, 1.165) is 13.1 Å². The normalized spacial score (nSPS) is 21.5. The Labute approximate surface area is 67.1 Å². The van der Waals surface area contributed by atoms with E-state index < -0.39 is 8.53 Å². The molecule has 66 valence electrons. The van der Waals surface area contributed by atoms with Crippen molar-refractivity contribution in [3.05, 3.63) is 0 Å². The van der Waals surface area contributed by atoms with Gasteiger partial charge in [0, 0.05) is 20.1 Å². The zero-order valence-corrected chi connectivity index (χ0v) is 7.37. The molecule has 0 aromatic heterocycles. The molecule has 0 spiro atoms. The van der Waals surface area contributed by atoms with Gasteiger partial charge in [-0.3, -0.25) is 0 Å². The number of nitrogens with zero attached hydrogens (tertiary/aromatic N) is 2. The fourth-order valence-corrected chi connectivity index (χ4v) is 1.36. The highest BCUT2D eigenvalue weighted by Crippen LogP contribution is 2.29. The quantitative estimate of drug-likeness (QED) is 0.554. The summed E-state index contributed by atoms with van der Waals surface area (Å²) in [4.78, 5) is 17.7. The van der Waals surface area contributed by atoms with Gasteiger partial charge >= 0.3 is 0 Å². The zero-order valence-electron chi connectivity index (χ0n) is 6.47. The van der Waals surface area contributed by atoms with Crippen LogP contribution in [-0.4, -0.2) is 52.9 Å². The molecular weight excluding hydrogens is 167 g/mol. The molecule has 1 fully saturated rings. The Bertz CT molecular complexity index is 118. The highest BCUT2D eigenvalue weighted by Gasteiger charge is 2.19. The van der Waals surface area contributed by atoms with Gasteiger partial charge < -0.3 is 14.5 Å². The van der Waals surface area contributed by atoms with Crippen LogP contribution in [0.1, 0.15) is 0 Å². The van der Waals surface area contributed by atoms with Crippen molar-refractivity contribution in [3.63, 3.8) is 0 Å². The van der Waals surface area contributed by atoms with Gasteiger partial charge in [-0.25, -0.2) is 5.01 Å². The van der Waals surface area contributed by atoms with Crippen molar-refractivity contribution in [2.45, 2.75) is 0 Å². The summed E-state index contributed by atoms with van der Waals surface area (Å²) >= 11 is 0. The van der Waals surface area contributed by atoms with Gasteiger partial charge in [-0.05, 0) is 0 Å². The number of hydrogen-bond acceptors (Lipinski definition) is 5. The van der Waals surface area contributed by atoms with Crippen LogP contribution in [0.3, 0.4) is 0 Å². The fraction of sp³-hybridized carbons (Fsp3) is 1.00. The minimum absolute atomic E-state index is 0.660. The SMILES string of the molecule is CN(N1CCOCC1)P(O)O. The van der Waals surface area contributed by atoms with Crippen LogP contribution in [0.15, 0.2) is 0 Å². The van der Waals surface area contributed by atoms with Gasteiger partial charge in [0.05, 0.1) is 13.2 Å². The summed E-state index contributed by atoms with van der Waals surface area (Å²) in [5.41, 5.74) is 0. The number of ether oxygens (including phenoxy) is 1. The third-order valence-electron chi connectivity index (χ3n) is 1.66. The van der Waals surface area contributed by atoms with Crippen molar-refractivity contribution >= 4 is 8.53 Å². The van der Waals surface area contributed by atoms with Crippen LogP contribution in [-0.2, 0) is 4.74 Å².